The van der Waals surface area contributed by atoms with Gasteiger partial charge in [-0.3, -0.25) is 9.89 Å². The third kappa shape index (κ3) is 3.10. The minimum Gasteiger partial charge on any atom is -0.346 e. The smallest absolute Gasteiger partial charge is 0.226 e. The molecule has 2 heterocycles. The highest BCUT2D eigenvalue weighted by Gasteiger charge is 2.13. The van der Waals surface area contributed by atoms with Crippen LogP contribution in [0.25, 0.3) is 0 Å². The molecule has 0 bridgehead atoms. The molecule has 17 heavy (non-hydrogen) atoms. The third-order valence-corrected chi connectivity index (χ3v) is 3.05. The van der Waals surface area contributed by atoms with Crippen LogP contribution in [0.1, 0.15) is 29.5 Å². The molecule has 7 heteroatoms. The van der Waals surface area contributed by atoms with Crippen molar-refractivity contribution in [3.8, 4) is 0 Å². The number of carbonyl (C=O) groups excluding carboxylic acids is 1. The molecule has 1 amide bonds. The van der Waals surface area contributed by atoms with Gasteiger partial charge in [0.25, 0.3) is 0 Å². The topological polar surface area (TPSA) is 83.6 Å². The molecule has 0 fully saturated rings. The van der Waals surface area contributed by atoms with Crippen molar-refractivity contribution < 1.29 is 4.79 Å². The lowest BCUT2D eigenvalue weighted by Crippen LogP contribution is -2.28. The number of hydrogen-bond donors (Lipinski definition) is 2. The lowest BCUT2D eigenvalue weighted by atomic mass is 10.2. The molecule has 1 atom stereocenters. The second kappa shape index (κ2) is 5.05. The second-order valence-corrected chi connectivity index (χ2v) is 4.76. The number of aromatic nitrogens is 4. The first kappa shape index (κ1) is 11.7. The van der Waals surface area contributed by atoms with Crippen molar-refractivity contribution in [2.24, 2.45) is 0 Å². The summed E-state index contributed by atoms with van der Waals surface area (Å²) in [5.74, 6) is 0.576. The van der Waals surface area contributed by atoms with Gasteiger partial charge in [-0.25, -0.2) is 9.97 Å². The fourth-order valence-corrected chi connectivity index (χ4v) is 2.05. The summed E-state index contributed by atoms with van der Waals surface area (Å²) in [6, 6.07) is -0.176. The number of aromatic amines is 1. The summed E-state index contributed by atoms with van der Waals surface area (Å²) in [7, 11) is 0. The standard InChI is InChI=1S/C10H13N5OS/c1-6(10-11-5-12-15-10)13-9(16)3-8-4-17-7(2)14-8/h4-6H,3H2,1-2H3,(H,13,16)(H,11,12,15). The molecule has 0 saturated heterocycles. The molecule has 2 rings (SSSR count). The molecule has 6 nitrogen and oxygen atoms in total. The Balaban J connectivity index is 1.89. The highest BCUT2D eigenvalue weighted by molar-refractivity contribution is 7.09. The number of aryl methyl sites for hydroxylation is 1. The van der Waals surface area contributed by atoms with E-state index >= 15 is 0 Å². The van der Waals surface area contributed by atoms with E-state index in [4.69, 9.17) is 0 Å². The maximum absolute atomic E-state index is 11.7. The molecule has 0 saturated carbocycles. The Bertz CT molecular complexity index is 493. The normalized spacial score (nSPS) is 12.4. The van der Waals surface area contributed by atoms with E-state index in [1.165, 1.54) is 6.33 Å². The van der Waals surface area contributed by atoms with Gasteiger partial charge in [-0.1, -0.05) is 0 Å². The van der Waals surface area contributed by atoms with Gasteiger partial charge in [0.1, 0.15) is 12.2 Å². The van der Waals surface area contributed by atoms with Crippen LogP contribution < -0.4 is 5.32 Å². The summed E-state index contributed by atoms with van der Waals surface area (Å²) in [6.07, 6.45) is 1.71. The molecule has 0 aliphatic heterocycles. The number of thiazole rings is 1. The Kier molecular flexibility index (Phi) is 3.48. The van der Waals surface area contributed by atoms with E-state index in [0.29, 0.717) is 12.2 Å². The van der Waals surface area contributed by atoms with Gasteiger partial charge >= 0.3 is 0 Å². The predicted octanol–water partition coefficient (Wildman–Crippen LogP) is 0.990. The summed E-state index contributed by atoms with van der Waals surface area (Å²) < 4.78 is 0. The third-order valence-electron chi connectivity index (χ3n) is 2.23. The molecule has 90 valence electrons. The number of H-pyrrole nitrogens is 1. The second-order valence-electron chi connectivity index (χ2n) is 3.69. The van der Waals surface area contributed by atoms with Gasteiger partial charge in [0.15, 0.2) is 0 Å². The predicted molar refractivity (Wildman–Crippen MR) is 63.5 cm³/mol. The van der Waals surface area contributed by atoms with Crippen LogP contribution in [-0.4, -0.2) is 26.1 Å². The van der Waals surface area contributed by atoms with Crippen LogP contribution in [0.15, 0.2) is 11.7 Å². The van der Waals surface area contributed by atoms with Gasteiger partial charge in [0, 0.05) is 5.38 Å². The van der Waals surface area contributed by atoms with Crippen LogP contribution in [0.4, 0.5) is 0 Å². The molecule has 0 aliphatic carbocycles. The number of hydrogen-bond acceptors (Lipinski definition) is 5. The average Bonchev–Trinajstić information content (AvgIpc) is 2.89. The van der Waals surface area contributed by atoms with E-state index in [-0.39, 0.29) is 11.9 Å². The molecule has 0 spiro atoms. The van der Waals surface area contributed by atoms with Crippen molar-refractivity contribution in [2.75, 3.05) is 0 Å². The minimum atomic E-state index is -0.176. The Labute approximate surface area is 103 Å². The quantitative estimate of drug-likeness (QED) is 0.848. The van der Waals surface area contributed by atoms with Crippen molar-refractivity contribution in [1.82, 2.24) is 25.5 Å². The summed E-state index contributed by atoms with van der Waals surface area (Å²) in [5, 5.41) is 12.2. The Morgan fingerprint density at radius 2 is 2.47 bits per heavy atom. The van der Waals surface area contributed by atoms with Crippen molar-refractivity contribution in [3.05, 3.63) is 28.2 Å². The highest BCUT2D eigenvalue weighted by Crippen LogP contribution is 2.09. The molecular formula is C10H13N5OS. The minimum absolute atomic E-state index is 0.0702. The van der Waals surface area contributed by atoms with Crippen LogP contribution in [-0.2, 0) is 11.2 Å². The van der Waals surface area contributed by atoms with Crippen molar-refractivity contribution >= 4 is 17.2 Å². The van der Waals surface area contributed by atoms with Gasteiger partial charge in [-0.15, -0.1) is 11.3 Å². The first-order valence-corrected chi connectivity index (χ1v) is 6.08. The fraction of sp³-hybridized carbons (Fsp3) is 0.400. The number of carbonyl (C=O) groups is 1. The van der Waals surface area contributed by atoms with Crippen LogP contribution >= 0.6 is 11.3 Å². The zero-order valence-corrected chi connectivity index (χ0v) is 10.4. The van der Waals surface area contributed by atoms with E-state index in [2.05, 4.69) is 25.5 Å². The largest absolute Gasteiger partial charge is 0.346 e. The summed E-state index contributed by atoms with van der Waals surface area (Å²) in [4.78, 5) is 19.9. The van der Waals surface area contributed by atoms with Crippen molar-refractivity contribution in [3.63, 3.8) is 0 Å². The van der Waals surface area contributed by atoms with Gasteiger partial charge < -0.3 is 5.32 Å². The maximum Gasteiger partial charge on any atom is 0.226 e. The van der Waals surface area contributed by atoms with Crippen LogP contribution in [0.2, 0.25) is 0 Å². The monoisotopic (exact) mass is 251 g/mol. The van der Waals surface area contributed by atoms with Crippen molar-refractivity contribution in [2.45, 2.75) is 26.3 Å². The molecular weight excluding hydrogens is 238 g/mol. The summed E-state index contributed by atoms with van der Waals surface area (Å²) in [5.41, 5.74) is 0.801. The zero-order chi connectivity index (χ0) is 12.3. The Morgan fingerprint density at radius 3 is 3.06 bits per heavy atom. The fourth-order valence-electron chi connectivity index (χ4n) is 1.44. The van der Waals surface area contributed by atoms with E-state index in [0.717, 1.165) is 10.7 Å². The van der Waals surface area contributed by atoms with Crippen LogP contribution in [0, 0.1) is 6.92 Å². The molecule has 2 aromatic rings. The van der Waals surface area contributed by atoms with E-state index in [1.54, 1.807) is 11.3 Å². The first-order valence-electron chi connectivity index (χ1n) is 5.21. The number of nitrogens with zero attached hydrogens (tertiary/aromatic N) is 3. The molecule has 1 unspecified atom stereocenters. The van der Waals surface area contributed by atoms with E-state index in [9.17, 15) is 4.79 Å². The first-order chi connectivity index (χ1) is 8.15. The SMILES string of the molecule is Cc1nc(CC(=O)NC(C)c2ncn[nH]2)cs1. The van der Waals surface area contributed by atoms with Gasteiger partial charge in [0.05, 0.1) is 23.2 Å². The summed E-state index contributed by atoms with van der Waals surface area (Å²) >= 11 is 1.54. The van der Waals surface area contributed by atoms with E-state index in [1.807, 2.05) is 19.2 Å². The molecule has 0 aliphatic rings. The Hall–Kier alpha value is -1.76. The molecule has 2 aromatic heterocycles. The number of rotatable bonds is 4. The maximum atomic E-state index is 11.7. The van der Waals surface area contributed by atoms with Crippen LogP contribution in [0.5, 0.6) is 0 Å². The summed E-state index contributed by atoms with van der Waals surface area (Å²) in [6.45, 7) is 3.77. The average molecular weight is 251 g/mol. The van der Waals surface area contributed by atoms with Gasteiger partial charge in [-0.05, 0) is 13.8 Å². The number of nitrogens with one attached hydrogen (secondary N) is 2. The van der Waals surface area contributed by atoms with Crippen molar-refractivity contribution in [1.29, 1.82) is 0 Å². The van der Waals surface area contributed by atoms with E-state index < -0.39 is 0 Å². The number of amides is 1. The molecule has 0 aromatic carbocycles. The zero-order valence-electron chi connectivity index (χ0n) is 9.60. The van der Waals surface area contributed by atoms with Crippen LogP contribution in [0.3, 0.4) is 0 Å². The molecule has 0 radical (unpaired) electrons. The lowest BCUT2D eigenvalue weighted by Gasteiger charge is -2.09. The lowest BCUT2D eigenvalue weighted by molar-refractivity contribution is -0.121. The van der Waals surface area contributed by atoms with Gasteiger partial charge in [-0.2, -0.15) is 5.10 Å². The van der Waals surface area contributed by atoms with Gasteiger partial charge in [0.2, 0.25) is 5.91 Å². The molecule has 2 N–H and O–H groups in total. The highest BCUT2D eigenvalue weighted by atomic mass is 32.1. The Morgan fingerprint density at radius 1 is 1.65 bits per heavy atom.